The highest BCUT2D eigenvalue weighted by atomic mass is 16.7. The summed E-state index contributed by atoms with van der Waals surface area (Å²) < 4.78 is 0. The van der Waals surface area contributed by atoms with Crippen LogP contribution in [0, 0.1) is 84.6 Å². The minimum Gasteiger partial charge on any atom is -0.507 e. The predicted octanol–water partition coefficient (Wildman–Crippen LogP) is 15.6. The van der Waals surface area contributed by atoms with Crippen LogP contribution in [-0.2, 0) is 19.3 Å². The van der Waals surface area contributed by atoms with Gasteiger partial charge in [0.05, 0.1) is 98.2 Å². The summed E-state index contributed by atoms with van der Waals surface area (Å²) in [5, 5.41) is 161. The van der Waals surface area contributed by atoms with E-state index in [2.05, 4.69) is 40.9 Å². The Bertz CT molecular complexity index is 4230. The summed E-state index contributed by atoms with van der Waals surface area (Å²) in [5.41, 5.74) is -4.91. The maximum absolute atomic E-state index is 12.2. The van der Waals surface area contributed by atoms with E-state index in [0.717, 1.165) is 42.5 Å². The number of non-ortho nitro benzene ring substituents is 7. The molecule has 0 aliphatic carbocycles. The Balaban J connectivity index is 0.0000108. The molecule has 0 fully saturated rings. The third-order valence-corrected chi connectivity index (χ3v) is 12.5. The van der Waals surface area contributed by atoms with Crippen LogP contribution in [0.1, 0.15) is 51.9 Å². The zero-order valence-corrected chi connectivity index (χ0v) is 44.0. The third kappa shape index (κ3) is 15.0. The van der Waals surface area contributed by atoms with E-state index in [9.17, 15) is 91.2 Å². The number of azo groups is 4. The van der Waals surface area contributed by atoms with Crippen LogP contribution in [0.5, 0.6) is 23.0 Å². The Hall–Kier alpha value is -12.8. The standard InChI is InChI=1S/C53H37N15O18.CH4/c1-27-6-36(55-54-35-4-3-5-43(17-35)62(73)74)11-29(50(27)69)8-31-13-38(57-60-41-20-46(65(79)80)25-47(21-41)66(81)82)15-33(52(31)71)10-34-16-39(58-61-42-22-48(67(83)84)26-49(23-42)68(85)86)14-32(53(34)72)9-30-12-37(7-28(2)51(30)70)56-59-40-18-44(63(75)76)24-45(19-40)64(77)78;/h3-7,11-26,69-72H,8-10H2,1-2H3;1H4. The number of hydrogen-bond donors (Lipinski definition) is 4. The van der Waals surface area contributed by atoms with Gasteiger partial charge in [-0.1, -0.05) is 13.5 Å². The van der Waals surface area contributed by atoms with Crippen LogP contribution in [-0.4, -0.2) is 54.9 Å². The minimum atomic E-state index is -0.895. The summed E-state index contributed by atoms with van der Waals surface area (Å²) in [7, 11) is 0. The van der Waals surface area contributed by atoms with Gasteiger partial charge in [0.1, 0.15) is 23.0 Å². The lowest BCUT2D eigenvalue weighted by molar-refractivity contribution is -0.394. The van der Waals surface area contributed by atoms with Gasteiger partial charge < -0.3 is 20.4 Å². The fraction of sp³-hybridized carbons (Fsp3) is 0.111. The molecule has 0 unspecified atom stereocenters. The van der Waals surface area contributed by atoms with Gasteiger partial charge >= 0.3 is 0 Å². The van der Waals surface area contributed by atoms with Gasteiger partial charge in [0, 0.05) is 101 Å². The van der Waals surface area contributed by atoms with Crippen molar-refractivity contribution < 1.29 is 54.9 Å². The summed E-state index contributed by atoms with van der Waals surface area (Å²) in [5.74, 6) is -1.63. The van der Waals surface area contributed by atoms with E-state index < -0.39 is 92.9 Å². The highest BCUT2D eigenvalue weighted by Crippen LogP contribution is 2.42. The van der Waals surface area contributed by atoms with E-state index in [1.807, 2.05) is 0 Å². The largest absolute Gasteiger partial charge is 0.507 e. The topological polar surface area (TPSA) is 482 Å². The Kier molecular flexibility index (Phi) is 18.4. The van der Waals surface area contributed by atoms with Crippen LogP contribution >= 0.6 is 0 Å². The maximum atomic E-state index is 12.2. The van der Waals surface area contributed by atoms with Crippen molar-refractivity contribution in [3.05, 3.63) is 243 Å². The molecule has 0 radical (unpaired) electrons. The second-order valence-electron chi connectivity index (χ2n) is 18.5. The smallest absolute Gasteiger partial charge is 0.278 e. The molecule has 0 aliphatic heterocycles. The fourth-order valence-electron chi connectivity index (χ4n) is 8.48. The number of nitro groups is 7. The summed E-state index contributed by atoms with van der Waals surface area (Å²) in [4.78, 5) is 75.5. The lowest BCUT2D eigenvalue weighted by atomic mass is 9.93. The average molecular weight is 1190 g/mol. The van der Waals surface area contributed by atoms with Gasteiger partial charge in [0.25, 0.3) is 39.8 Å². The molecule has 440 valence electrons. The predicted molar refractivity (Wildman–Crippen MR) is 306 cm³/mol. The minimum absolute atomic E-state index is 0. The molecule has 0 saturated heterocycles. The lowest BCUT2D eigenvalue weighted by Crippen LogP contribution is -1.99. The number of rotatable bonds is 21. The SMILES string of the molecule is C.Cc1cc(N=Nc2cccc([N+](=O)[O-])c2)cc(Cc2cc(N=Nc3cc([N+](=O)[O-])cc([N+](=O)[O-])c3)cc(Cc3cc(N=Nc4cc([N+](=O)[O-])cc([N+](=O)[O-])c4)cc(Cc4cc(N=Nc5cc([N+](=O)[O-])cc([N+](=O)[O-])c5)cc(C)c4O)c3O)c2O)c1O. The number of aryl methyl sites for hydroxylation is 2. The molecule has 0 heterocycles. The van der Waals surface area contributed by atoms with E-state index in [-0.39, 0.29) is 121 Å². The average Bonchev–Trinajstić information content (AvgIpc) is 1.55. The molecule has 4 N–H and O–H groups in total. The molecule has 0 aromatic heterocycles. The van der Waals surface area contributed by atoms with Crippen molar-refractivity contribution in [3.63, 3.8) is 0 Å². The van der Waals surface area contributed by atoms with Crippen molar-refractivity contribution in [3.8, 4) is 23.0 Å². The van der Waals surface area contributed by atoms with E-state index in [4.69, 9.17) is 0 Å². The molecule has 8 rings (SSSR count). The number of nitrogens with zero attached hydrogens (tertiary/aromatic N) is 15. The summed E-state index contributed by atoms with van der Waals surface area (Å²) >= 11 is 0. The van der Waals surface area contributed by atoms with Gasteiger partial charge in [-0.25, -0.2) is 0 Å². The summed E-state index contributed by atoms with van der Waals surface area (Å²) in [6.07, 6.45) is -1.20. The van der Waals surface area contributed by atoms with E-state index >= 15 is 0 Å². The second kappa shape index (κ2) is 26.0. The Morgan fingerprint density at radius 2 is 0.494 bits per heavy atom. The van der Waals surface area contributed by atoms with Crippen LogP contribution in [0.15, 0.2) is 168 Å². The van der Waals surface area contributed by atoms with E-state index in [0.29, 0.717) is 12.1 Å². The van der Waals surface area contributed by atoms with Crippen LogP contribution in [0.3, 0.4) is 0 Å². The molecule has 8 aromatic rings. The number of nitro benzene ring substituents is 7. The molecule has 33 heteroatoms. The van der Waals surface area contributed by atoms with Gasteiger partial charge in [-0.05, 0) is 79.6 Å². The molecule has 8 aromatic carbocycles. The normalized spacial score (nSPS) is 11.3. The number of benzene rings is 8. The van der Waals surface area contributed by atoms with Crippen LogP contribution in [0.4, 0.5) is 85.3 Å². The first-order chi connectivity index (χ1) is 40.8. The molecule has 0 atom stereocenters. The number of hydrogen-bond acceptors (Lipinski definition) is 26. The molecule has 33 nitrogen and oxygen atoms in total. The van der Waals surface area contributed by atoms with Crippen LogP contribution in [0.25, 0.3) is 0 Å². The first kappa shape index (κ1) is 61.8. The van der Waals surface area contributed by atoms with Crippen LogP contribution in [0.2, 0.25) is 0 Å². The maximum Gasteiger partial charge on any atom is 0.278 e. The number of aromatic hydroxyl groups is 4. The first-order valence-corrected chi connectivity index (χ1v) is 24.4. The molecular formula is C54H41N15O18. The van der Waals surface area contributed by atoms with Crippen molar-refractivity contribution in [2.45, 2.75) is 40.5 Å². The molecule has 0 spiro atoms. The number of phenolic OH excluding ortho intramolecular Hbond substituents is 4. The zero-order chi connectivity index (χ0) is 62.3. The van der Waals surface area contributed by atoms with Gasteiger partial charge in [0.15, 0.2) is 0 Å². The Morgan fingerprint density at radius 3 is 0.747 bits per heavy atom. The Morgan fingerprint density at radius 1 is 0.287 bits per heavy atom. The third-order valence-electron chi connectivity index (χ3n) is 12.5. The fourth-order valence-corrected chi connectivity index (χ4v) is 8.48. The van der Waals surface area contributed by atoms with Gasteiger partial charge in [0.2, 0.25) is 0 Å². The zero-order valence-electron chi connectivity index (χ0n) is 44.0. The Labute approximate surface area is 486 Å². The quantitative estimate of drug-likeness (QED) is 0.0295. The van der Waals surface area contributed by atoms with Gasteiger partial charge in [-0.2, -0.15) is 40.9 Å². The summed E-state index contributed by atoms with van der Waals surface area (Å²) in [6.45, 7) is 3.00. The highest BCUT2D eigenvalue weighted by molar-refractivity contribution is 5.64. The molecule has 0 saturated carbocycles. The molecule has 87 heavy (non-hydrogen) atoms. The summed E-state index contributed by atoms with van der Waals surface area (Å²) in [6, 6.07) is 23.5. The van der Waals surface area contributed by atoms with E-state index in [1.165, 1.54) is 86.6 Å². The molecular weight excluding hydrogens is 1150 g/mol. The molecule has 0 bridgehead atoms. The van der Waals surface area contributed by atoms with Crippen molar-refractivity contribution in [2.75, 3.05) is 0 Å². The first-order valence-electron chi connectivity index (χ1n) is 24.4. The van der Waals surface area contributed by atoms with Gasteiger partial charge in [-0.15, -0.1) is 0 Å². The van der Waals surface area contributed by atoms with Crippen LogP contribution < -0.4 is 0 Å². The van der Waals surface area contributed by atoms with Gasteiger partial charge in [-0.3, -0.25) is 70.8 Å². The number of phenols is 4. The van der Waals surface area contributed by atoms with Crippen molar-refractivity contribution in [2.24, 2.45) is 40.9 Å². The van der Waals surface area contributed by atoms with Crippen molar-refractivity contribution >= 4 is 85.3 Å². The monoisotopic (exact) mass is 1190 g/mol. The second-order valence-corrected chi connectivity index (χ2v) is 18.5. The van der Waals surface area contributed by atoms with Crippen molar-refractivity contribution in [1.29, 1.82) is 0 Å². The molecule has 0 aliphatic rings. The van der Waals surface area contributed by atoms with E-state index in [1.54, 1.807) is 0 Å². The molecule has 0 amide bonds. The highest BCUT2D eigenvalue weighted by Gasteiger charge is 2.23. The van der Waals surface area contributed by atoms with Crippen molar-refractivity contribution in [1.82, 2.24) is 0 Å². The lowest BCUT2D eigenvalue weighted by Gasteiger charge is -2.16.